The minimum atomic E-state index is -0.875. The van der Waals surface area contributed by atoms with Crippen LogP contribution in [0.4, 0.5) is 4.79 Å². The molecule has 8 nitrogen and oxygen atoms in total. The van der Waals surface area contributed by atoms with E-state index in [1.54, 1.807) is 0 Å². The van der Waals surface area contributed by atoms with Crippen molar-refractivity contribution in [2.24, 2.45) is 0 Å². The third kappa shape index (κ3) is 8.97. The lowest BCUT2D eigenvalue weighted by Gasteiger charge is -2.42. The average Bonchev–Trinajstić information content (AvgIpc) is 3.14. The maximum absolute atomic E-state index is 11.9. The minimum Gasteiger partial charge on any atom is -0.445 e. The van der Waals surface area contributed by atoms with E-state index in [-0.39, 0.29) is 25.4 Å². The van der Waals surface area contributed by atoms with Gasteiger partial charge in [0.2, 0.25) is 0 Å². The summed E-state index contributed by atoms with van der Waals surface area (Å²) in [7, 11) is 0. The van der Waals surface area contributed by atoms with Gasteiger partial charge >= 0.3 is 6.09 Å². The van der Waals surface area contributed by atoms with Crippen LogP contribution in [0.15, 0.2) is 110 Å². The second-order valence-electron chi connectivity index (χ2n) is 12.8. The van der Waals surface area contributed by atoms with Gasteiger partial charge in [-0.05, 0) is 70.5 Å². The molecule has 9 heteroatoms. The number of alkyl carbamates (subject to hydrolysis) is 1. The summed E-state index contributed by atoms with van der Waals surface area (Å²) in [6.07, 6.45) is 2.06. The molecule has 6 rings (SSSR count). The number of rotatable bonds is 11. The number of carbonyl (C=O) groups excluding carboxylic acids is 1. The molecule has 2 aliphatic heterocycles. The van der Waals surface area contributed by atoms with Crippen molar-refractivity contribution >= 4 is 17.7 Å². The number of aliphatic hydroxyl groups is 2. The first-order valence-electron chi connectivity index (χ1n) is 16.7. The normalized spacial score (nSPS) is 20.8. The number of piperidine rings is 1. The molecule has 0 bridgehead atoms. The number of amides is 1. The summed E-state index contributed by atoms with van der Waals surface area (Å²) in [6.45, 7) is 6.25. The number of ether oxygens (including phenoxy) is 3. The predicted molar refractivity (Wildman–Crippen MR) is 190 cm³/mol. The van der Waals surface area contributed by atoms with Crippen LogP contribution in [0.1, 0.15) is 59.5 Å². The Bertz CT molecular complexity index is 1700. The molecule has 1 amide bonds. The standard InChI is InChI=1S/C40H43ClN2O6/c1-2-21-47-39(45)42-25-29-5-3-6-31(22-29)32-7-4-8-33(23-32)38-48-36(24-37(49-38)30-11-9-28(27-44)10-12-30)26-43-19-17-40(46,18-20-43)34-13-15-35(41)16-14-34/h2-16,22-23,36-38,44,46H,1,17-21,24-27H2,(H,42,45)/t36-,37+,38+/m1/s1. The maximum atomic E-state index is 11.9. The largest absolute Gasteiger partial charge is 0.445 e. The second kappa shape index (κ2) is 16.1. The first-order chi connectivity index (χ1) is 23.8. The van der Waals surface area contributed by atoms with Gasteiger partial charge in [-0.15, -0.1) is 0 Å². The topological polar surface area (TPSA) is 100 Å². The smallest absolute Gasteiger partial charge is 0.407 e. The van der Waals surface area contributed by atoms with E-state index < -0.39 is 18.0 Å². The van der Waals surface area contributed by atoms with Crippen molar-refractivity contribution in [3.8, 4) is 11.1 Å². The fraction of sp³-hybridized carbons (Fsp3) is 0.325. The molecular formula is C40H43ClN2O6. The van der Waals surface area contributed by atoms with E-state index >= 15 is 0 Å². The number of hydrogen-bond donors (Lipinski definition) is 3. The summed E-state index contributed by atoms with van der Waals surface area (Å²) in [5.74, 6) is 0. The molecule has 0 radical (unpaired) electrons. The number of aliphatic hydroxyl groups excluding tert-OH is 1. The van der Waals surface area contributed by atoms with E-state index in [4.69, 9.17) is 25.8 Å². The molecule has 2 fully saturated rings. The molecule has 2 heterocycles. The van der Waals surface area contributed by atoms with E-state index in [0.717, 1.165) is 52.0 Å². The summed E-state index contributed by atoms with van der Waals surface area (Å²) < 4.78 is 18.4. The van der Waals surface area contributed by atoms with Gasteiger partial charge < -0.3 is 34.6 Å². The number of halogens is 1. The number of carbonyl (C=O) groups is 1. The van der Waals surface area contributed by atoms with Gasteiger partial charge in [-0.1, -0.05) is 97.1 Å². The summed E-state index contributed by atoms with van der Waals surface area (Å²) in [4.78, 5) is 14.3. The van der Waals surface area contributed by atoms with Crippen molar-refractivity contribution in [2.75, 3.05) is 26.2 Å². The average molecular weight is 683 g/mol. The Morgan fingerprint density at radius 1 is 0.939 bits per heavy atom. The fourth-order valence-electron chi connectivity index (χ4n) is 6.56. The Labute approximate surface area is 292 Å². The van der Waals surface area contributed by atoms with Crippen molar-refractivity contribution in [2.45, 2.75) is 56.5 Å². The highest BCUT2D eigenvalue weighted by molar-refractivity contribution is 6.30. The van der Waals surface area contributed by atoms with Crippen LogP contribution in [0, 0.1) is 0 Å². The molecule has 2 aliphatic rings. The summed E-state index contributed by atoms with van der Waals surface area (Å²) in [5, 5.41) is 24.5. The van der Waals surface area contributed by atoms with Gasteiger partial charge in [0, 0.05) is 43.2 Å². The van der Waals surface area contributed by atoms with E-state index in [9.17, 15) is 15.0 Å². The van der Waals surface area contributed by atoms with Gasteiger partial charge in [0.1, 0.15) is 6.61 Å². The van der Waals surface area contributed by atoms with E-state index in [0.29, 0.717) is 37.4 Å². The molecule has 2 saturated heterocycles. The molecular weight excluding hydrogens is 640 g/mol. The molecule has 0 spiro atoms. The lowest BCUT2D eigenvalue weighted by atomic mass is 9.84. The number of benzene rings is 4. The predicted octanol–water partition coefficient (Wildman–Crippen LogP) is 7.44. The minimum absolute atomic E-state index is 0.0130. The number of likely N-dealkylation sites (tertiary alicyclic amines) is 1. The number of nitrogens with zero attached hydrogens (tertiary/aromatic N) is 1. The zero-order chi connectivity index (χ0) is 34.2. The first-order valence-corrected chi connectivity index (χ1v) is 17.1. The Kier molecular flexibility index (Phi) is 11.5. The molecule has 0 unspecified atom stereocenters. The van der Waals surface area contributed by atoms with Crippen molar-refractivity contribution in [1.82, 2.24) is 10.2 Å². The molecule has 4 aromatic carbocycles. The van der Waals surface area contributed by atoms with Crippen molar-refractivity contribution in [1.29, 1.82) is 0 Å². The van der Waals surface area contributed by atoms with E-state index in [1.807, 2.05) is 84.9 Å². The van der Waals surface area contributed by atoms with Crippen molar-refractivity contribution in [3.63, 3.8) is 0 Å². The lowest BCUT2D eigenvalue weighted by molar-refractivity contribution is -0.253. The van der Waals surface area contributed by atoms with Crippen LogP contribution in [0.25, 0.3) is 11.1 Å². The van der Waals surface area contributed by atoms with Gasteiger partial charge in [-0.2, -0.15) is 0 Å². The van der Waals surface area contributed by atoms with Crippen molar-refractivity contribution in [3.05, 3.63) is 143 Å². The first kappa shape index (κ1) is 34.8. The van der Waals surface area contributed by atoms with Gasteiger partial charge in [0.05, 0.1) is 24.4 Å². The molecule has 49 heavy (non-hydrogen) atoms. The molecule has 0 saturated carbocycles. The quantitative estimate of drug-likeness (QED) is 0.141. The van der Waals surface area contributed by atoms with Crippen molar-refractivity contribution < 1.29 is 29.2 Å². The molecule has 0 aliphatic carbocycles. The lowest BCUT2D eigenvalue weighted by Crippen LogP contribution is -2.46. The van der Waals surface area contributed by atoms with Gasteiger partial charge in [0.25, 0.3) is 0 Å². The van der Waals surface area contributed by atoms with Crippen LogP contribution < -0.4 is 5.32 Å². The number of hydrogen-bond acceptors (Lipinski definition) is 7. The zero-order valence-electron chi connectivity index (χ0n) is 27.5. The Morgan fingerprint density at radius 3 is 2.37 bits per heavy atom. The Morgan fingerprint density at radius 2 is 1.65 bits per heavy atom. The molecule has 4 aromatic rings. The van der Waals surface area contributed by atoms with Crippen LogP contribution in [0.2, 0.25) is 5.02 Å². The third-order valence-corrected chi connectivity index (χ3v) is 9.58. The van der Waals surface area contributed by atoms with Gasteiger partial charge in [0.15, 0.2) is 6.29 Å². The van der Waals surface area contributed by atoms with Crippen LogP contribution >= 0.6 is 11.6 Å². The monoisotopic (exact) mass is 682 g/mol. The van der Waals surface area contributed by atoms with Crippen LogP contribution in [-0.4, -0.2) is 53.6 Å². The molecule has 0 aromatic heterocycles. The highest BCUT2D eigenvalue weighted by atomic mass is 35.5. The molecule has 256 valence electrons. The molecule has 3 atom stereocenters. The van der Waals surface area contributed by atoms with Crippen LogP contribution in [0.3, 0.4) is 0 Å². The number of nitrogens with one attached hydrogen (secondary N) is 1. The second-order valence-corrected chi connectivity index (χ2v) is 13.2. The van der Waals surface area contributed by atoms with Gasteiger partial charge in [-0.25, -0.2) is 4.79 Å². The SMILES string of the molecule is C=CCOC(=O)NCc1cccc(-c2cccc([C@H]3O[C@@H](CN4CCC(O)(c5ccc(Cl)cc5)CC4)C[C@@H](c4ccc(CO)cc4)O3)c2)c1. The highest BCUT2D eigenvalue weighted by Crippen LogP contribution is 2.40. The van der Waals surface area contributed by atoms with Gasteiger partial charge in [-0.3, -0.25) is 0 Å². The Hall–Kier alpha value is -4.02. The summed E-state index contributed by atoms with van der Waals surface area (Å²) in [6, 6.07) is 31.6. The highest BCUT2D eigenvalue weighted by Gasteiger charge is 2.37. The van der Waals surface area contributed by atoms with Crippen LogP contribution in [-0.2, 0) is 33.0 Å². The Balaban J connectivity index is 1.17. The molecule has 3 N–H and O–H groups in total. The third-order valence-electron chi connectivity index (χ3n) is 9.33. The zero-order valence-corrected chi connectivity index (χ0v) is 28.2. The van der Waals surface area contributed by atoms with E-state index in [1.165, 1.54) is 6.08 Å². The van der Waals surface area contributed by atoms with Crippen LogP contribution in [0.5, 0.6) is 0 Å². The fourth-order valence-corrected chi connectivity index (χ4v) is 6.69. The summed E-state index contributed by atoms with van der Waals surface area (Å²) >= 11 is 6.09. The van der Waals surface area contributed by atoms with E-state index in [2.05, 4.69) is 28.9 Å². The summed E-state index contributed by atoms with van der Waals surface area (Å²) in [5.41, 5.74) is 5.78. The maximum Gasteiger partial charge on any atom is 0.407 e.